The number of halogens is 2. The van der Waals surface area contributed by atoms with Gasteiger partial charge in [0.2, 0.25) is 5.91 Å². The molecular weight excluding hydrogens is 313 g/mol. The number of nitrogens with zero attached hydrogens (tertiary/aromatic N) is 1. The van der Waals surface area contributed by atoms with Gasteiger partial charge in [-0.25, -0.2) is 0 Å². The minimum Gasteiger partial charge on any atom is -0.481 e. The fraction of sp³-hybridized carbons (Fsp3) is 0.333. The van der Waals surface area contributed by atoms with Crippen LogP contribution in [0.5, 0.6) is 0 Å². The normalized spacial score (nSPS) is 22.0. The molecule has 1 aromatic rings. The van der Waals surface area contributed by atoms with E-state index in [9.17, 15) is 9.59 Å². The number of likely N-dealkylation sites (tertiary alicyclic amines) is 1. The Morgan fingerprint density at radius 3 is 2.43 bits per heavy atom. The van der Waals surface area contributed by atoms with Crippen LogP contribution in [0.4, 0.5) is 0 Å². The van der Waals surface area contributed by atoms with Crippen LogP contribution in [0.3, 0.4) is 0 Å². The second-order valence-corrected chi connectivity index (χ2v) is 5.95. The number of carbonyl (C=O) groups is 2. The zero-order chi connectivity index (χ0) is 15.6. The van der Waals surface area contributed by atoms with Gasteiger partial charge in [0, 0.05) is 34.8 Å². The van der Waals surface area contributed by atoms with Crippen molar-refractivity contribution in [1.29, 1.82) is 0 Å². The third-order valence-electron chi connectivity index (χ3n) is 3.63. The maximum absolute atomic E-state index is 12.1. The Labute approximate surface area is 133 Å². The van der Waals surface area contributed by atoms with E-state index >= 15 is 0 Å². The van der Waals surface area contributed by atoms with E-state index in [0.717, 1.165) is 0 Å². The lowest BCUT2D eigenvalue weighted by molar-refractivity contribution is -0.142. The molecule has 1 aromatic carbocycles. The van der Waals surface area contributed by atoms with Gasteiger partial charge in [-0.15, -0.1) is 0 Å². The summed E-state index contributed by atoms with van der Waals surface area (Å²) in [5.74, 6) is -1.66. The zero-order valence-corrected chi connectivity index (χ0v) is 12.9. The number of aliphatic carboxylic acids is 1. The number of amides is 1. The standard InChI is InChI=1S/C15H15Cl2NO3/c1-9-7-18(8-11(9)15(20)21)14(19)6-5-10-12(16)3-2-4-13(10)17/h2-6,9,11H,7-8H2,1H3,(H,20,21). The fourth-order valence-corrected chi connectivity index (χ4v) is 2.92. The molecule has 2 unspecified atom stereocenters. The second kappa shape index (κ2) is 6.50. The molecule has 2 atom stereocenters. The summed E-state index contributed by atoms with van der Waals surface area (Å²) in [6.45, 7) is 2.51. The third-order valence-corrected chi connectivity index (χ3v) is 4.29. The molecule has 1 N–H and O–H groups in total. The molecule has 0 aromatic heterocycles. The molecule has 1 saturated heterocycles. The number of carboxylic acids is 1. The Bertz CT molecular complexity index is 580. The molecule has 2 rings (SSSR count). The third kappa shape index (κ3) is 3.57. The van der Waals surface area contributed by atoms with Gasteiger partial charge in [0.15, 0.2) is 0 Å². The molecule has 0 bridgehead atoms. The fourth-order valence-electron chi connectivity index (χ4n) is 2.40. The summed E-state index contributed by atoms with van der Waals surface area (Å²) in [5.41, 5.74) is 0.580. The van der Waals surface area contributed by atoms with Gasteiger partial charge in [-0.05, 0) is 24.1 Å². The molecule has 1 aliphatic rings. The van der Waals surface area contributed by atoms with E-state index in [4.69, 9.17) is 28.3 Å². The lowest BCUT2D eigenvalue weighted by Gasteiger charge is -2.13. The monoisotopic (exact) mass is 327 g/mol. The predicted octanol–water partition coefficient (Wildman–Crippen LogP) is 3.19. The summed E-state index contributed by atoms with van der Waals surface area (Å²) in [5, 5.41) is 10.00. The van der Waals surface area contributed by atoms with Crippen LogP contribution < -0.4 is 0 Å². The van der Waals surface area contributed by atoms with E-state index in [0.29, 0.717) is 22.2 Å². The molecule has 1 fully saturated rings. The Morgan fingerprint density at radius 2 is 1.90 bits per heavy atom. The smallest absolute Gasteiger partial charge is 0.308 e. The molecule has 1 aliphatic heterocycles. The number of hydrogen-bond donors (Lipinski definition) is 1. The van der Waals surface area contributed by atoms with Crippen LogP contribution in [0.2, 0.25) is 10.0 Å². The van der Waals surface area contributed by atoms with Gasteiger partial charge < -0.3 is 10.0 Å². The maximum Gasteiger partial charge on any atom is 0.308 e. The van der Waals surface area contributed by atoms with Crippen LogP contribution in [-0.2, 0) is 9.59 Å². The highest BCUT2D eigenvalue weighted by molar-refractivity contribution is 6.37. The van der Waals surface area contributed by atoms with Gasteiger partial charge in [0.25, 0.3) is 0 Å². The highest BCUT2D eigenvalue weighted by atomic mass is 35.5. The van der Waals surface area contributed by atoms with Gasteiger partial charge in [-0.1, -0.05) is 36.2 Å². The summed E-state index contributed by atoms with van der Waals surface area (Å²) in [7, 11) is 0. The quantitative estimate of drug-likeness (QED) is 0.867. The van der Waals surface area contributed by atoms with Crippen molar-refractivity contribution < 1.29 is 14.7 Å². The lowest BCUT2D eigenvalue weighted by Crippen LogP contribution is -2.28. The van der Waals surface area contributed by atoms with Crippen LogP contribution in [-0.4, -0.2) is 35.0 Å². The van der Waals surface area contributed by atoms with E-state index in [2.05, 4.69) is 0 Å². The van der Waals surface area contributed by atoms with Crippen molar-refractivity contribution in [3.05, 3.63) is 39.9 Å². The summed E-state index contributed by atoms with van der Waals surface area (Å²) in [4.78, 5) is 24.7. The second-order valence-electron chi connectivity index (χ2n) is 5.13. The van der Waals surface area contributed by atoms with Crippen LogP contribution in [0.15, 0.2) is 24.3 Å². The Hall–Kier alpha value is -1.52. The van der Waals surface area contributed by atoms with Crippen molar-refractivity contribution in [3.63, 3.8) is 0 Å². The van der Waals surface area contributed by atoms with Crippen LogP contribution in [0.1, 0.15) is 12.5 Å². The van der Waals surface area contributed by atoms with Crippen molar-refractivity contribution >= 4 is 41.2 Å². The lowest BCUT2D eigenvalue weighted by atomic mass is 9.99. The van der Waals surface area contributed by atoms with E-state index in [1.807, 2.05) is 6.92 Å². The summed E-state index contributed by atoms with van der Waals surface area (Å²) in [6, 6.07) is 5.11. The minimum absolute atomic E-state index is 0.0521. The van der Waals surface area contributed by atoms with Crippen molar-refractivity contribution in [2.45, 2.75) is 6.92 Å². The number of carboxylic acid groups (broad SMARTS) is 1. The molecule has 0 saturated carbocycles. The Balaban J connectivity index is 2.09. The van der Waals surface area contributed by atoms with Crippen LogP contribution >= 0.6 is 23.2 Å². The summed E-state index contributed by atoms with van der Waals surface area (Å²) < 4.78 is 0. The van der Waals surface area contributed by atoms with Gasteiger partial charge in [-0.2, -0.15) is 0 Å². The van der Waals surface area contributed by atoms with Crippen molar-refractivity contribution in [2.75, 3.05) is 13.1 Å². The molecule has 21 heavy (non-hydrogen) atoms. The molecule has 0 aliphatic carbocycles. The Kier molecular flexibility index (Phi) is 4.91. The van der Waals surface area contributed by atoms with Crippen LogP contribution in [0.25, 0.3) is 6.08 Å². The highest BCUT2D eigenvalue weighted by Crippen LogP contribution is 2.26. The maximum atomic E-state index is 12.1. The molecule has 1 amide bonds. The Morgan fingerprint density at radius 1 is 1.29 bits per heavy atom. The molecule has 4 nitrogen and oxygen atoms in total. The van der Waals surface area contributed by atoms with E-state index < -0.39 is 11.9 Å². The SMILES string of the molecule is CC1CN(C(=O)C=Cc2c(Cl)cccc2Cl)CC1C(=O)O. The number of carbonyl (C=O) groups excluding carboxylic acids is 1. The zero-order valence-electron chi connectivity index (χ0n) is 11.4. The summed E-state index contributed by atoms with van der Waals surface area (Å²) >= 11 is 12.0. The topological polar surface area (TPSA) is 57.6 Å². The minimum atomic E-state index is -0.865. The highest BCUT2D eigenvalue weighted by Gasteiger charge is 2.36. The molecule has 112 valence electrons. The summed E-state index contributed by atoms with van der Waals surface area (Å²) in [6.07, 6.45) is 2.94. The average Bonchev–Trinajstić information content (AvgIpc) is 2.80. The molecular formula is C15H15Cl2NO3. The van der Waals surface area contributed by atoms with Crippen molar-refractivity contribution in [2.24, 2.45) is 11.8 Å². The first-order chi connectivity index (χ1) is 9.90. The van der Waals surface area contributed by atoms with E-state index in [-0.39, 0.29) is 18.4 Å². The first-order valence-corrected chi connectivity index (χ1v) is 7.29. The largest absolute Gasteiger partial charge is 0.481 e. The van der Waals surface area contributed by atoms with Gasteiger partial charge >= 0.3 is 5.97 Å². The van der Waals surface area contributed by atoms with Gasteiger partial charge in [0.05, 0.1) is 5.92 Å². The first kappa shape index (κ1) is 15.9. The number of benzene rings is 1. The van der Waals surface area contributed by atoms with Crippen molar-refractivity contribution in [1.82, 2.24) is 4.90 Å². The number of rotatable bonds is 3. The van der Waals surface area contributed by atoms with Crippen LogP contribution in [0, 0.1) is 11.8 Å². The molecule has 1 heterocycles. The molecule has 0 radical (unpaired) electrons. The van der Waals surface area contributed by atoms with Gasteiger partial charge in [0.1, 0.15) is 0 Å². The first-order valence-electron chi connectivity index (χ1n) is 6.54. The van der Waals surface area contributed by atoms with Crippen molar-refractivity contribution in [3.8, 4) is 0 Å². The molecule has 0 spiro atoms. The number of hydrogen-bond acceptors (Lipinski definition) is 2. The van der Waals surface area contributed by atoms with E-state index in [1.54, 1.807) is 24.3 Å². The van der Waals surface area contributed by atoms with Gasteiger partial charge in [-0.3, -0.25) is 9.59 Å². The van der Waals surface area contributed by atoms with E-state index in [1.165, 1.54) is 11.0 Å². The average molecular weight is 328 g/mol. The molecule has 6 heteroatoms. The predicted molar refractivity (Wildman–Crippen MR) is 82.4 cm³/mol.